The van der Waals surface area contributed by atoms with Gasteiger partial charge in [-0.15, -0.1) is 0 Å². The summed E-state index contributed by atoms with van der Waals surface area (Å²) in [6, 6.07) is 10.2. The summed E-state index contributed by atoms with van der Waals surface area (Å²) in [6.45, 7) is 1.77. The summed E-state index contributed by atoms with van der Waals surface area (Å²) in [5, 5.41) is 5.99. The molecule has 0 aliphatic carbocycles. The number of nitrogens with zero attached hydrogens (tertiary/aromatic N) is 3. The SMILES string of the molecule is Cc1ccc(NC(=O)c2cccc(C(F)(F)F)c2)cc1NC(=O)N(C)c1ncnc2[nH]ccc12. The Hall–Kier alpha value is -4.41. The lowest BCUT2D eigenvalue weighted by molar-refractivity contribution is -0.137. The molecule has 0 unspecified atom stereocenters. The molecule has 0 spiro atoms. The molecule has 11 heteroatoms. The van der Waals surface area contributed by atoms with Crippen molar-refractivity contribution in [2.45, 2.75) is 13.1 Å². The van der Waals surface area contributed by atoms with E-state index in [2.05, 4.69) is 25.6 Å². The molecule has 3 N–H and O–H groups in total. The van der Waals surface area contributed by atoms with Crippen LogP contribution in [-0.2, 0) is 6.18 Å². The van der Waals surface area contributed by atoms with Crippen molar-refractivity contribution in [2.24, 2.45) is 0 Å². The zero-order valence-corrected chi connectivity index (χ0v) is 18.1. The molecule has 0 aliphatic heterocycles. The summed E-state index contributed by atoms with van der Waals surface area (Å²) in [5.41, 5.74) is 0.966. The summed E-state index contributed by atoms with van der Waals surface area (Å²) in [4.78, 5) is 37.9. The van der Waals surface area contributed by atoms with E-state index in [1.54, 1.807) is 38.4 Å². The zero-order chi connectivity index (χ0) is 24.5. The van der Waals surface area contributed by atoms with Crippen LogP contribution in [0.4, 0.5) is 35.2 Å². The Balaban J connectivity index is 1.52. The highest BCUT2D eigenvalue weighted by Gasteiger charge is 2.31. The van der Waals surface area contributed by atoms with E-state index in [-0.39, 0.29) is 5.56 Å². The first-order chi connectivity index (χ1) is 16.1. The molecule has 174 valence electrons. The lowest BCUT2D eigenvalue weighted by Gasteiger charge is -2.19. The van der Waals surface area contributed by atoms with Gasteiger partial charge in [0.1, 0.15) is 17.8 Å². The molecule has 4 rings (SSSR count). The first-order valence-electron chi connectivity index (χ1n) is 10.1. The fourth-order valence-corrected chi connectivity index (χ4v) is 3.30. The van der Waals surface area contributed by atoms with Crippen LogP contribution in [0.1, 0.15) is 21.5 Å². The molecule has 0 bridgehead atoms. The number of rotatable bonds is 4. The van der Waals surface area contributed by atoms with Gasteiger partial charge in [-0.1, -0.05) is 12.1 Å². The first kappa shape index (κ1) is 22.8. The van der Waals surface area contributed by atoms with Crippen molar-refractivity contribution in [3.63, 3.8) is 0 Å². The number of hydrogen-bond acceptors (Lipinski definition) is 4. The van der Waals surface area contributed by atoms with Crippen LogP contribution in [-0.4, -0.2) is 33.9 Å². The number of H-pyrrole nitrogens is 1. The van der Waals surface area contributed by atoms with E-state index in [1.807, 2.05) is 0 Å². The third-order valence-corrected chi connectivity index (χ3v) is 5.14. The number of benzene rings is 2. The van der Waals surface area contributed by atoms with E-state index in [1.165, 1.54) is 29.4 Å². The Kier molecular flexibility index (Phi) is 5.93. The molecule has 8 nitrogen and oxygen atoms in total. The highest BCUT2D eigenvalue weighted by Crippen LogP contribution is 2.30. The van der Waals surface area contributed by atoms with E-state index < -0.39 is 23.7 Å². The lowest BCUT2D eigenvalue weighted by atomic mass is 10.1. The molecule has 0 saturated carbocycles. The third kappa shape index (κ3) is 4.68. The Morgan fingerprint density at radius 1 is 1.03 bits per heavy atom. The van der Waals surface area contributed by atoms with Gasteiger partial charge in [0.2, 0.25) is 0 Å². The average molecular weight is 468 g/mol. The van der Waals surface area contributed by atoms with Crippen molar-refractivity contribution in [1.82, 2.24) is 15.0 Å². The number of hydrogen-bond donors (Lipinski definition) is 3. The Labute approximate surface area is 191 Å². The number of halogens is 3. The molecule has 34 heavy (non-hydrogen) atoms. The van der Waals surface area contributed by atoms with Gasteiger partial charge >= 0.3 is 12.2 Å². The molecule has 3 amide bonds. The number of carbonyl (C=O) groups is 2. The fraction of sp³-hybridized carbons (Fsp3) is 0.130. The van der Waals surface area contributed by atoms with Gasteiger partial charge in [0.05, 0.1) is 10.9 Å². The first-order valence-corrected chi connectivity index (χ1v) is 10.1. The molecule has 0 fully saturated rings. The normalized spacial score (nSPS) is 11.3. The quantitative estimate of drug-likeness (QED) is 0.383. The number of aryl methyl sites for hydroxylation is 1. The van der Waals surface area contributed by atoms with Gasteiger partial charge in [-0.2, -0.15) is 13.2 Å². The number of aromatic nitrogens is 3. The second kappa shape index (κ2) is 8.85. The molecule has 2 heterocycles. The van der Waals surface area contributed by atoms with Crippen molar-refractivity contribution in [3.05, 3.63) is 77.7 Å². The Bertz CT molecular complexity index is 1380. The van der Waals surface area contributed by atoms with Gasteiger partial charge in [0.15, 0.2) is 0 Å². The molecule has 0 atom stereocenters. The molecule has 4 aromatic rings. The fourth-order valence-electron chi connectivity index (χ4n) is 3.30. The molecule has 0 aliphatic rings. The zero-order valence-electron chi connectivity index (χ0n) is 18.1. The number of urea groups is 1. The maximum absolute atomic E-state index is 12.9. The predicted molar refractivity (Wildman–Crippen MR) is 122 cm³/mol. The molecule has 0 radical (unpaired) electrons. The van der Waals surface area contributed by atoms with Crippen LogP contribution in [0.25, 0.3) is 11.0 Å². The minimum atomic E-state index is -4.56. The average Bonchev–Trinajstić information content (AvgIpc) is 3.29. The number of carbonyl (C=O) groups excluding carboxylic acids is 2. The predicted octanol–water partition coefficient (Wildman–Crippen LogP) is 5.21. The number of aromatic amines is 1. The summed E-state index contributed by atoms with van der Waals surface area (Å²) in [7, 11) is 1.55. The maximum Gasteiger partial charge on any atom is 0.416 e. The van der Waals surface area contributed by atoms with Crippen LogP contribution in [0, 0.1) is 6.92 Å². The smallest absolute Gasteiger partial charge is 0.346 e. The van der Waals surface area contributed by atoms with Crippen LogP contribution in [0.15, 0.2) is 61.1 Å². The summed E-state index contributed by atoms with van der Waals surface area (Å²) >= 11 is 0. The number of alkyl halides is 3. The largest absolute Gasteiger partial charge is 0.416 e. The summed E-state index contributed by atoms with van der Waals surface area (Å²) in [6.07, 6.45) is -1.53. The van der Waals surface area contributed by atoms with Crippen LogP contribution >= 0.6 is 0 Å². The number of anilines is 3. The standard InChI is InChI=1S/C23H19F3N6O2/c1-13-6-7-16(30-21(33)14-4-3-5-15(10-14)23(24,25)26)11-18(13)31-22(34)32(2)20-17-8-9-27-19(17)28-12-29-20/h3-12H,1-2H3,(H,30,33)(H,31,34)(H,27,28,29). The van der Waals surface area contributed by atoms with Crippen LogP contribution in [0.5, 0.6) is 0 Å². The van der Waals surface area contributed by atoms with E-state index in [9.17, 15) is 22.8 Å². The molecule has 0 saturated heterocycles. The van der Waals surface area contributed by atoms with E-state index in [0.29, 0.717) is 33.8 Å². The molecule has 2 aromatic carbocycles. The number of fused-ring (bicyclic) bond motifs is 1. The molecular weight excluding hydrogens is 449 g/mol. The Morgan fingerprint density at radius 2 is 1.82 bits per heavy atom. The number of amides is 3. The van der Waals surface area contributed by atoms with Crippen molar-refractivity contribution < 1.29 is 22.8 Å². The maximum atomic E-state index is 12.9. The van der Waals surface area contributed by atoms with Gasteiger partial charge < -0.3 is 15.6 Å². The van der Waals surface area contributed by atoms with E-state index in [0.717, 1.165) is 12.1 Å². The van der Waals surface area contributed by atoms with Crippen LogP contribution < -0.4 is 15.5 Å². The van der Waals surface area contributed by atoms with Crippen molar-refractivity contribution in [1.29, 1.82) is 0 Å². The van der Waals surface area contributed by atoms with E-state index in [4.69, 9.17) is 0 Å². The topological polar surface area (TPSA) is 103 Å². The second-order valence-electron chi connectivity index (χ2n) is 7.49. The van der Waals surface area contributed by atoms with Crippen molar-refractivity contribution in [3.8, 4) is 0 Å². The second-order valence-corrected chi connectivity index (χ2v) is 7.49. The Morgan fingerprint density at radius 3 is 2.59 bits per heavy atom. The minimum absolute atomic E-state index is 0.139. The van der Waals surface area contributed by atoms with Crippen LogP contribution in [0.2, 0.25) is 0 Å². The summed E-state index contributed by atoms with van der Waals surface area (Å²) in [5.74, 6) is -0.310. The lowest BCUT2D eigenvalue weighted by Crippen LogP contribution is -2.32. The van der Waals surface area contributed by atoms with Crippen molar-refractivity contribution >= 4 is 40.2 Å². The highest BCUT2D eigenvalue weighted by molar-refractivity contribution is 6.07. The summed E-state index contributed by atoms with van der Waals surface area (Å²) < 4.78 is 38.8. The van der Waals surface area contributed by atoms with Gasteiger partial charge in [0, 0.05) is 30.2 Å². The highest BCUT2D eigenvalue weighted by atomic mass is 19.4. The van der Waals surface area contributed by atoms with Gasteiger partial charge in [-0.05, 0) is 48.9 Å². The van der Waals surface area contributed by atoms with Gasteiger partial charge in [-0.25, -0.2) is 14.8 Å². The van der Waals surface area contributed by atoms with Gasteiger partial charge in [-0.3, -0.25) is 9.69 Å². The van der Waals surface area contributed by atoms with Crippen LogP contribution in [0.3, 0.4) is 0 Å². The van der Waals surface area contributed by atoms with E-state index >= 15 is 0 Å². The van der Waals surface area contributed by atoms with Gasteiger partial charge in [0.25, 0.3) is 5.91 Å². The molecular formula is C23H19F3N6O2. The monoisotopic (exact) mass is 468 g/mol. The minimum Gasteiger partial charge on any atom is -0.346 e. The third-order valence-electron chi connectivity index (χ3n) is 5.14. The number of nitrogens with one attached hydrogen (secondary N) is 3. The molecule has 2 aromatic heterocycles. The van der Waals surface area contributed by atoms with Crippen molar-refractivity contribution in [2.75, 3.05) is 22.6 Å².